The van der Waals surface area contributed by atoms with Crippen molar-refractivity contribution in [2.75, 3.05) is 11.9 Å². The van der Waals surface area contributed by atoms with Crippen LogP contribution in [0.3, 0.4) is 0 Å². The van der Waals surface area contributed by atoms with Gasteiger partial charge in [-0.25, -0.2) is 4.68 Å². The average molecular weight is 338 g/mol. The molecule has 0 aliphatic heterocycles. The van der Waals surface area contributed by atoms with Crippen LogP contribution in [0.15, 0.2) is 39.7 Å². The van der Waals surface area contributed by atoms with Gasteiger partial charge in [-0.2, -0.15) is 5.10 Å². The molecule has 0 spiro atoms. The highest BCUT2D eigenvalue weighted by atomic mass is 79.9. The lowest BCUT2D eigenvalue weighted by Gasteiger charge is -2.10. The van der Waals surface area contributed by atoms with Crippen LogP contribution in [0.1, 0.15) is 12.5 Å². The monoisotopic (exact) mass is 337 g/mol. The summed E-state index contributed by atoms with van der Waals surface area (Å²) in [5.41, 5.74) is 1.58. The van der Waals surface area contributed by atoms with Crippen LogP contribution in [0.4, 0.5) is 5.69 Å². The van der Waals surface area contributed by atoms with Crippen molar-refractivity contribution in [1.29, 1.82) is 0 Å². The molecule has 20 heavy (non-hydrogen) atoms. The fourth-order valence-corrected chi connectivity index (χ4v) is 2.24. The molecule has 0 amide bonds. The summed E-state index contributed by atoms with van der Waals surface area (Å²) >= 11 is 3.28. The molecule has 1 aromatic heterocycles. The first kappa shape index (κ1) is 14.6. The first-order valence-corrected chi connectivity index (χ1v) is 7.08. The van der Waals surface area contributed by atoms with E-state index < -0.39 is 0 Å². The van der Waals surface area contributed by atoms with Gasteiger partial charge in [0.15, 0.2) is 0 Å². The maximum absolute atomic E-state index is 11.7. The van der Waals surface area contributed by atoms with Crippen LogP contribution in [0.25, 0.3) is 0 Å². The van der Waals surface area contributed by atoms with E-state index >= 15 is 0 Å². The standard InChI is InChI=1S/C14H16BrN3O2/c1-3-20-11-6-4-5-10(7-11)8-16-12-9-17-18(2)14(19)13(12)15/h4-7,9,16H,3,8H2,1-2H3. The maximum atomic E-state index is 11.7. The molecule has 0 saturated heterocycles. The quantitative estimate of drug-likeness (QED) is 0.910. The maximum Gasteiger partial charge on any atom is 0.282 e. The third kappa shape index (κ3) is 3.39. The van der Waals surface area contributed by atoms with Gasteiger partial charge in [0.25, 0.3) is 5.56 Å². The van der Waals surface area contributed by atoms with E-state index in [1.165, 1.54) is 4.68 Å². The van der Waals surface area contributed by atoms with E-state index in [4.69, 9.17) is 4.74 Å². The molecule has 106 valence electrons. The highest BCUT2D eigenvalue weighted by molar-refractivity contribution is 9.10. The van der Waals surface area contributed by atoms with Crippen LogP contribution in [-0.4, -0.2) is 16.4 Å². The Morgan fingerprint density at radius 3 is 3.00 bits per heavy atom. The number of hydrogen-bond acceptors (Lipinski definition) is 4. The summed E-state index contributed by atoms with van der Waals surface area (Å²) in [7, 11) is 1.61. The van der Waals surface area contributed by atoms with Crippen molar-refractivity contribution in [2.24, 2.45) is 7.05 Å². The number of benzene rings is 1. The molecule has 1 N–H and O–H groups in total. The second-order valence-corrected chi connectivity index (χ2v) is 5.03. The molecular weight excluding hydrogens is 322 g/mol. The number of ether oxygens (including phenoxy) is 1. The van der Waals surface area contributed by atoms with E-state index in [1.54, 1.807) is 13.2 Å². The van der Waals surface area contributed by atoms with Crippen molar-refractivity contribution in [2.45, 2.75) is 13.5 Å². The van der Waals surface area contributed by atoms with E-state index in [0.717, 1.165) is 11.3 Å². The molecule has 2 aromatic rings. The van der Waals surface area contributed by atoms with Crippen LogP contribution >= 0.6 is 15.9 Å². The van der Waals surface area contributed by atoms with E-state index in [2.05, 4.69) is 26.3 Å². The fourth-order valence-electron chi connectivity index (χ4n) is 1.74. The molecule has 6 heteroatoms. The van der Waals surface area contributed by atoms with Gasteiger partial charge in [0.05, 0.1) is 18.5 Å². The average Bonchev–Trinajstić information content (AvgIpc) is 2.45. The minimum absolute atomic E-state index is 0.168. The number of rotatable bonds is 5. The molecule has 0 aliphatic carbocycles. The molecule has 0 aliphatic rings. The molecule has 1 heterocycles. The Morgan fingerprint density at radius 1 is 1.45 bits per heavy atom. The van der Waals surface area contributed by atoms with Crippen LogP contribution in [0.5, 0.6) is 5.75 Å². The second-order valence-electron chi connectivity index (χ2n) is 4.23. The zero-order valence-corrected chi connectivity index (χ0v) is 13.0. The van der Waals surface area contributed by atoms with E-state index in [1.807, 2.05) is 31.2 Å². The molecule has 0 fully saturated rings. The SMILES string of the molecule is CCOc1cccc(CNc2cnn(C)c(=O)c2Br)c1. The Kier molecular flexibility index (Phi) is 4.79. The van der Waals surface area contributed by atoms with Gasteiger partial charge in [-0.1, -0.05) is 12.1 Å². The van der Waals surface area contributed by atoms with Gasteiger partial charge in [-0.15, -0.1) is 0 Å². The Hall–Kier alpha value is -1.82. The summed E-state index contributed by atoms with van der Waals surface area (Å²) in [5.74, 6) is 0.841. The number of halogens is 1. The summed E-state index contributed by atoms with van der Waals surface area (Å²) < 4.78 is 7.22. The first-order chi connectivity index (χ1) is 9.61. The Morgan fingerprint density at radius 2 is 2.25 bits per heavy atom. The summed E-state index contributed by atoms with van der Waals surface area (Å²) in [6.07, 6.45) is 1.62. The van der Waals surface area contributed by atoms with Crippen molar-refractivity contribution in [3.63, 3.8) is 0 Å². The lowest BCUT2D eigenvalue weighted by atomic mass is 10.2. The van der Waals surface area contributed by atoms with Crippen molar-refractivity contribution < 1.29 is 4.74 Å². The summed E-state index contributed by atoms with van der Waals surface area (Å²) in [5, 5.41) is 7.17. The molecule has 0 saturated carbocycles. The van der Waals surface area contributed by atoms with Gasteiger partial charge >= 0.3 is 0 Å². The van der Waals surface area contributed by atoms with Crippen LogP contribution < -0.4 is 15.6 Å². The molecule has 0 atom stereocenters. The lowest BCUT2D eigenvalue weighted by molar-refractivity contribution is 0.340. The Bertz CT molecular complexity index is 655. The second kappa shape index (κ2) is 6.56. The number of aryl methyl sites for hydroxylation is 1. The van der Waals surface area contributed by atoms with Gasteiger partial charge < -0.3 is 10.1 Å². The number of nitrogens with zero attached hydrogens (tertiary/aromatic N) is 2. The van der Waals surface area contributed by atoms with Crippen molar-refractivity contribution in [3.8, 4) is 5.75 Å². The third-order valence-corrected chi connectivity index (χ3v) is 3.54. The van der Waals surface area contributed by atoms with Gasteiger partial charge in [0.2, 0.25) is 0 Å². The van der Waals surface area contributed by atoms with Gasteiger partial charge in [-0.3, -0.25) is 4.79 Å². The van der Waals surface area contributed by atoms with Crippen LogP contribution in [0.2, 0.25) is 0 Å². The van der Waals surface area contributed by atoms with Crippen molar-refractivity contribution in [1.82, 2.24) is 9.78 Å². The van der Waals surface area contributed by atoms with E-state index in [0.29, 0.717) is 23.3 Å². The zero-order valence-electron chi connectivity index (χ0n) is 11.4. The fraction of sp³-hybridized carbons (Fsp3) is 0.286. The number of aromatic nitrogens is 2. The normalized spacial score (nSPS) is 10.3. The van der Waals surface area contributed by atoms with Gasteiger partial charge in [0.1, 0.15) is 10.2 Å². The number of hydrogen-bond donors (Lipinski definition) is 1. The first-order valence-electron chi connectivity index (χ1n) is 6.29. The minimum atomic E-state index is -0.168. The largest absolute Gasteiger partial charge is 0.494 e. The Balaban J connectivity index is 2.11. The smallest absolute Gasteiger partial charge is 0.282 e. The summed E-state index contributed by atoms with van der Waals surface area (Å²) in [4.78, 5) is 11.7. The molecular formula is C14H16BrN3O2. The number of anilines is 1. The van der Waals surface area contributed by atoms with Crippen LogP contribution in [0, 0.1) is 0 Å². The topological polar surface area (TPSA) is 56.1 Å². The molecule has 1 aromatic carbocycles. The molecule has 5 nitrogen and oxygen atoms in total. The summed E-state index contributed by atoms with van der Waals surface area (Å²) in [6.45, 7) is 3.18. The lowest BCUT2D eigenvalue weighted by Crippen LogP contribution is -2.21. The third-order valence-electron chi connectivity index (χ3n) is 2.77. The molecule has 0 unspecified atom stereocenters. The van der Waals surface area contributed by atoms with E-state index in [9.17, 15) is 4.79 Å². The molecule has 0 radical (unpaired) electrons. The predicted octanol–water partition coefficient (Wildman–Crippen LogP) is 2.55. The highest BCUT2D eigenvalue weighted by Gasteiger charge is 2.06. The van der Waals surface area contributed by atoms with Crippen LogP contribution in [-0.2, 0) is 13.6 Å². The molecule has 2 rings (SSSR count). The predicted molar refractivity (Wildman–Crippen MR) is 82.1 cm³/mol. The summed E-state index contributed by atoms with van der Waals surface area (Å²) in [6, 6.07) is 7.83. The van der Waals surface area contributed by atoms with Crippen molar-refractivity contribution in [3.05, 3.63) is 50.9 Å². The van der Waals surface area contributed by atoms with Crippen molar-refractivity contribution >= 4 is 21.6 Å². The Labute approximate surface area is 125 Å². The highest BCUT2D eigenvalue weighted by Crippen LogP contribution is 2.18. The number of nitrogens with one attached hydrogen (secondary N) is 1. The minimum Gasteiger partial charge on any atom is -0.494 e. The van der Waals surface area contributed by atoms with E-state index in [-0.39, 0.29) is 5.56 Å². The zero-order chi connectivity index (χ0) is 14.5. The molecule has 0 bridgehead atoms. The van der Waals surface area contributed by atoms with Gasteiger partial charge in [0, 0.05) is 13.6 Å². The van der Waals surface area contributed by atoms with Gasteiger partial charge in [-0.05, 0) is 40.5 Å².